The van der Waals surface area contributed by atoms with Gasteiger partial charge in [-0.25, -0.2) is 0 Å². The number of hydrogen-bond acceptors (Lipinski definition) is 3. The van der Waals surface area contributed by atoms with E-state index in [1.54, 1.807) is 29.2 Å². The minimum absolute atomic E-state index is 0.151. The molecule has 1 unspecified atom stereocenters. The number of amides is 2. The first-order valence-electron chi connectivity index (χ1n) is 5.49. The van der Waals surface area contributed by atoms with Crippen LogP contribution in [-0.2, 0) is 4.79 Å². The quantitative estimate of drug-likeness (QED) is 0.771. The summed E-state index contributed by atoms with van der Waals surface area (Å²) in [5.74, 6) is -0.583. The predicted octanol–water partition coefficient (Wildman–Crippen LogP) is 1.07. The molecule has 0 bridgehead atoms. The molecule has 1 aromatic rings. The van der Waals surface area contributed by atoms with Crippen LogP contribution in [0.5, 0.6) is 0 Å². The van der Waals surface area contributed by atoms with Gasteiger partial charge in [-0.1, -0.05) is 6.07 Å². The lowest BCUT2D eigenvalue weighted by Gasteiger charge is -2.22. The van der Waals surface area contributed by atoms with Crippen LogP contribution in [0.2, 0.25) is 0 Å². The molecule has 2 rings (SSSR count). The van der Waals surface area contributed by atoms with Gasteiger partial charge >= 0.3 is 0 Å². The van der Waals surface area contributed by atoms with Crippen molar-refractivity contribution in [2.45, 2.75) is 23.8 Å². The largest absolute Gasteiger partial charge is 0.368 e. The van der Waals surface area contributed by atoms with Crippen molar-refractivity contribution in [1.29, 1.82) is 0 Å². The molecule has 1 saturated heterocycles. The van der Waals surface area contributed by atoms with E-state index in [1.165, 1.54) is 0 Å². The molecule has 5 heteroatoms. The second-order valence-corrected chi connectivity index (χ2v) is 4.63. The second-order valence-electron chi connectivity index (χ2n) is 4.11. The molecule has 0 aromatic heterocycles. The van der Waals surface area contributed by atoms with Crippen LogP contribution in [0.3, 0.4) is 0 Å². The topological polar surface area (TPSA) is 63.4 Å². The third-order valence-corrected chi connectivity index (χ3v) is 3.21. The van der Waals surface area contributed by atoms with E-state index >= 15 is 0 Å². The third-order valence-electron chi connectivity index (χ3n) is 2.94. The average molecular weight is 250 g/mol. The van der Waals surface area contributed by atoms with Crippen LogP contribution in [0.25, 0.3) is 0 Å². The van der Waals surface area contributed by atoms with Crippen LogP contribution in [-0.4, -0.2) is 29.3 Å². The minimum atomic E-state index is -0.467. The molecule has 90 valence electrons. The molecule has 1 aliphatic heterocycles. The van der Waals surface area contributed by atoms with Gasteiger partial charge in [0.2, 0.25) is 5.91 Å². The average Bonchev–Trinajstić information content (AvgIpc) is 2.77. The summed E-state index contributed by atoms with van der Waals surface area (Å²) in [4.78, 5) is 25.7. The number of thiol groups is 1. The molecular weight excluding hydrogens is 236 g/mol. The summed E-state index contributed by atoms with van der Waals surface area (Å²) in [5.41, 5.74) is 5.83. The van der Waals surface area contributed by atoms with Gasteiger partial charge in [-0.15, -0.1) is 12.6 Å². The number of likely N-dealkylation sites (tertiary alicyclic amines) is 1. The Morgan fingerprint density at radius 1 is 1.41 bits per heavy atom. The number of rotatable bonds is 2. The Morgan fingerprint density at radius 2 is 2.18 bits per heavy atom. The Hall–Kier alpha value is -1.49. The lowest BCUT2D eigenvalue weighted by atomic mass is 10.1. The van der Waals surface area contributed by atoms with Crippen molar-refractivity contribution in [2.75, 3.05) is 6.54 Å². The molecule has 1 fully saturated rings. The Labute approximate surface area is 105 Å². The number of carbonyl (C=O) groups is 2. The number of hydrogen-bond donors (Lipinski definition) is 2. The van der Waals surface area contributed by atoms with Gasteiger partial charge in [-0.2, -0.15) is 0 Å². The first-order chi connectivity index (χ1) is 8.09. The Kier molecular flexibility index (Phi) is 3.38. The summed E-state index contributed by atoms with van der Waals surface area (Å²) in [7, 11) is 0. The van der Waals surface area contributed by atoms with Gasteiger partial charge in [-0.3, -0.25) is 9.59 Å². The van der Waals surface area contributed by atoms with Gasteiger partial charge in [0.25, 0.3) is 5.91 Å². The van der Waals surface area contributed by atoms with Crippen molar-refractivity contribution in [1.82, 2.24) is 4.90 Å². The van der Waals surface area contributed by atoms with Gasteiger partial charge in [0.05, 0.1) is 0 Å². The number of nitrogens with two attached hydrogens (primary N) is 1. The fourth-order valence-electron chi connectivity index (χ4n) is 2.11. The van der Waals surface area contributed by atoms with Gasteiger partial charge in [0.1, 0.15) is 6.04 Å². The SMILES string of the molecule is NC(=O)C1CCCN1C(=O)c1cccc(S)c1. The third kappa shape index (κ3) is 2.44. The van der Waals surface area contributed by atoms with Crippen LogP contribution >= 0.6 is 12.6 Å². The second kappa shape index (κ2) is 4.79. The Bertz CT molecular complexity index is 462. The van der Waals surface area contributed by atoms with Gasteiger partial charge in [0, 0.05) is 17.0 Å². The molecule has 0 radical (unpaired) electrons. The summed E-state index contributed by atoms with van der Waals surface area (Å²) in [6, 6.07) is 6.52. The fraction of sp³-hybridized carbons (Fsp3) is 0.333. The van der Waals surface area contributed by atoms with Crippen molar-refractivity contribution >= 4 is 24.4 Å². The van der Waals surface area contributed by atoms with Crippen molar-refractivity contribution in [3.8, 4) is 0 Å². The maximum atomic E-state index is 12.2. The number of benzene rings is 1. The monoisotopic (exact) mass is 250 g/mol. The maximum absolute atomic E-state index is 12.2. The van der Waals surface area contributed by atoms with E-state index < -0.39 is 11.9 Å². The normalized spacial score (nSPS) is 19.4. The molecule has 1 aliphatic rings. The molecule has 2 N–H and O–H groups in total. The van der Waals surface area contributed by atoms with Gasteiger partial charge in [-0.05, 0) is 31.0 Å². The highest BCUT2D eigenvalue weighted by Gasteiger charge is 2.32. The molecule has 4 nitrogen and oxygen atoms in total. The van der Waals surface area contributed by atoms with Crippen molar-refractivity contribution in [3.05, 3.63) is 29.8 Å². The zero-order valence-corrected chi connectivity index (χ0v) is 10.2. The van der Waals surface area contributed by atoms with E-state index in [0.29, 0.717) is 18.5 Å². The Balaban J connectivity index is 2.23. The van der Waals surface area contributed by atoms with Crippen molar-refractivity contribution in [2.24, 2.45) is 5.73 Å². The zero-order valence-electron chi connectivity index (χ0n) is 9.30. The summed E-state index contributed by atoms with van der Waals surface area (Å²) >= 11 is 4.19. The van der Waals surface area contributed by atoms with Crippen LogP contribution in [0.15, 0.2) is 29.2 Å². The molecule has 1 heterocycles. The maximum Gasteiger partial charge on any atom is 0.254 e. The van der Waals surface area contributed by atoms with Crippen molar-refractivity contribution < 1.29 is 9.59 Å². The van der Waals surface area contributed by atoms with E-state index in [4.69, 9.17) is 5.73 Å². The van der Waals surface area contributed by atoms with Gasteiger partial charge < -0.3 is 10.6 Å². The highest BCUT2D eigenvalue weighted by atomic mass is 32.1. The number of carbonyl (C=O) groups excluding carboxylic acids is 2. The van der Waals surface area contributed by atoms with Crippen molar-refractivity contribution in [3.63, 3.8) is 0 Å². The zero-order chi connectivity index (χ0) is 12.4. The highest BCUT2D eigenvalue weighted by molar-refractivity contribution is 7.80. The highest BCUT2D eigenvalue weighted by Crippen LogP contribution is 2.20. The van der Waals surface area contributed by atoms with Crippen LogP contribution in [0.4, 0.5) is 0 Å². The standard InChI is InChI=1S/C12H14N2O2S/c13-11(15)10-5-2-6-14(10)12(16)8-3-1-4-9(17)7-8/h1,3-4,7,10,17H,2,5-6H2,(H2,13,15). The fourth-order valence-corrected chi connectivity index (χ4v) is 2.34. The molecule has 0 spiro atoms. The van der Waals surface area contributed by atoms with E-state index in [0.717, 1.165) is 11.3 Å². The molecular formula is C12H14N2O2S. The lowest BCUT2D eigenvalue weighted by molar-refractivity contribution is -0.121. The molecule has 1 aromatic carbocycles. The molecule has 17 heavy (non-hydrogen) atoms. The lowest BCUT2D eigenvalue weighted by Crippen LogP contribution is -2.43. The molecule has 0 saturated carbocycles. The molecule has 1 atom stereocenters. The van der Waals surface area contributed by atoms with Crippen LogP contribution in [0.1, 0.15) is 23.2 Å². The van der Waals surface area contributed by atoms with E-state index in [1.807, 2.05) is 0 Å². The number of primary amides is 1. The van der Waals surface area contributed by atoms with Gasteiger partial charge in [0.15, 0.2) is 0 Å². The van der Waals surface area contributed by atoms with E-state index in [2.05, 4.69) is 12.6 Å². The molecule has 2 amide bonds. The van der Waals surface area contributed by atoms with Crippen LogP contribution in [0, 0.1) is 0 Å². The smallest absolute Gasteiger partial charge is 0.254 e. The summed E-state index contributed by atoms with van der Waals surface area (Å²) in [6.45, 7) is 0.587. The first-order valence-corrected chi connectivity index (χ1v) is 5.93. The van der Waals surface area contributed by atoms with Crippen LogP contribution < -0.4 is 5.73 Å². The predicted molar refractivity (Wildman–Crippen MR) is 66.9 cm³/mol. The first kappa shape index (κ1) is 12.0. The number of nitrogens with zero attached hydrogens (tertiary/aromatic N) is 1. The van der Waals surface area contributed by atoms with E-state index in [-0.39, 0.29) is 5.91 Å². The summed E-state index contributed by atoms with van der Waals surface area (Å²) in [5, 5.41) is 0. The minimum Gasteiger partial charge on any atom is -0.368 e. The summed E-state index contributed by atoms with van der Waals surface area (Å²) in [6.07, 6.45) is 1.47. The molecule has 0 aliphatic carbocycles. The van der Waals surface area contributed by atoms with E-state index in [9.17, 15) is 9.59 Å². The summed E-state index contributed by atoms with van der Waals surface area (Å²) < 4.78 is 0. The Morgan fingerprint density at radius 3 is 2.82 bits per heavy atom.